The number of nitrogens with one attached hydrogen (secondary N) is 1. The van der Waals surface area contributed by atoms with E-state index in [0.29, 0.717) is 25.7 Å². The molecule has 0 heterocycles. The molecule has 1 aromatic rings. The molecule has 9 heteroatoms. The van der Waals surface area contributed by atoms with Crippen LogP contribution in [0.1, 0.15) is 32.6 Å². The van der Waals surface area contributed by atoms with Gasteiger partial charge in [0.15, 0.2) is 11.9 Å². The molecule has 0 aliphatic heterocycles. The van der Waals surface area contributed by atoms with E-state index in [-0.39, 0.29) is 28.4 Å². The van der Waals surface area contributed by atoms with Gasteiger partial charge in [0.25, 0.3) is 5.91 Å². The molecule has 25 heavy (non-hydrogen) atoms. The molecular formula is C16H19ClN2O6. The predicted molar refractivity (Wildman–Crippen MR) is 89.7 cm³/mol. The Hall–Kier alpha value is -2.35. The second-order valence-corrected chi connectivity index (χ2v) is 6.46. The maximum absolute atomic E-state index is 12.2. The SMILES string of the molecule is CC(Oc1ccc(Cl)cc1[N+](=O)[O-])C(=O)NC1CCC(C(=O)O)CC1. The van der Waals surface area contributed by atoms with Crippen molar-refractivity contribution < 1.29 is 24.4 Å². The Balaban J connectivity index is 1.93. The number of hydrogen-bond acceptors (Lipinski definition) is 5. The third-order valence-electron chi connectivity index (χ3n) is 4.21. The lowest BCUT2D eigenvalue weighted by Gasteiger charge is -2.27. The van der Waals surface area contributed by atoms with Crippen LogP contribution in [-0.2, 0) is 9.59 Å². The molecule has 1 aromatic carbocycles. The Labute approximate surface area is 149 Å². The van der Waals surface area contributed by atoms with Gasteiger partial charge in [0.1, 0.15) is 0 Å². The van der Waals surface area contributed by atoms with Gasteiger partial charge in [-0.2, -0.15) is 0 Å². The van der Waals surface area contributed by atoms with Gasteiger partial charge in [-0.25, -0.2) is 0 Å². The maximum atomic E-state index is 12.2. The topological polar surface area (TPSA) is 119 Å². The van der Waals surface area contributed by atoms with Crippen molar-refractivity contribution in [2.24, 2.45) is 5.92 Å². The van der Waals surface area contributed by atoms with Gasteiger partial charge < -0.3 is 15.2 Å². The second kappa shape index (κ2) is 8.15. The van der Waals surface area contributed by atoms with E-state index in [0.717, 1.165) is 6.07 Å². The fourth-order valence-electron chi connectivity index (χ4n) is 2.78. The first-order chi connectivity index (χ1) is 11.8. The summed E-state index contributed by atoms with van der Waals surface area (Å²) in [7, 11) is 0. The van der Waals surface area contributed by atoms with Crippen LogP contribution < -0.4 is 10.1 Å². The summed E-state index contributed by atoms with van der Waals surface area (Å²) in [5, 5.41) is 23.0. The van der Waals surface area contributed by atoms with Gasteiger partial charge in [-0.1, -0.05) is 11.6 Å². The Morgan fingerprint density at radius 1 is 1.36 bits per heavy atom. The lowest BCUT2D eigenvalue weighted by atomic mass is 9.86. The molecule has 0 aromatic heterocycles. The third kappa shape index (κ3) is 5.06. The van der Waals surface area contributed by atoms with Crippen molar-refractivity contribution in [3.05, 3.63) is 33.3 Å². The summed E-state index contributed by atoms with van der Waals surface area (Å²) < 4.78 is 5.42. The van der Waals surface area contributed by atoms with Crippen LogP contribution in [0.4, 0.5) is 5.69 Å². The molecule has 2 rings (SSSR count). The molecule has 1 aliphatic carbocycles. The number of hydrogen-bond donors (Lipinski definition) is 2. The molecule has 0 spiro atoms. The van der Waals surface area contributed by atoms with Gasteiger partial charge in [-0.3, -0.25) is 19.7 Å². The molecule has 136 valence electrons. The van der Waals surface area contributed by atoms with Gasteiger partial charge in [-0.05, 0) is 44.7 Å². The van der Waals surface area contributed by atoms with Crippen LogP contribution in [0.5, 0.6) is 5.75 Å². The zero-order chi connectivity index (χ0) is 18.6. The fraction of sp³-hybridized carbons (Fsp3) is 0.500. The number of rotatable bonds is 6. The molecule has 1 aliphatic rings. The van der Waals surface area contributed by atoms with Gasteiger partial charge in [0.05, 0.1) is 10.8 Å². The first-order valence-corrected chi connectivity index (χ1v) is 8.29. The van der Waals surface area contributed by atoms with Crippen molar-refractivity contribution in [3.63, 3.8) is 0 Å². The molecule has 1 atom stereocenters. The van der Waals surface area contributed by atoms with Crippen molar-refractivity contribution in [3.8, 4) is 5.75 Å². The minimum atomic E-state index is -0.933. The minimum absolute atomic E-state index is 0.0355. The van der Waals surface area contributed by atoms with Crippen LogP contribution in [0.15, 0.2) is 18.2 Å². The van der Waals surface area contributed by atoms with Crippen molar-refractivity contribution >= 4 is 29.2 Å². The number of amides is 1. The van der Waals surface area contributed by atoms with Crippen LogP contribution in [0.3, 0.4) is 0 Å². The Kier molecular flexibility index (Phi) is 6.19. The van der Waals surface area contributed by atoms with E-state index in [4.69, 9.17) is 21.4 Å². The monoisotopic (exact) mass is 370 g/mol. The molecule has 0 bridgehead atoms. The van der Waals surface area contributed by atoms with Gasteiger partial charge in [0.2, 0.25) is 0 Å². The Bertz CT molecular complexity index is 673. The van der Waals surface area contributed by atoms with Crippen LogP contribution in [0, 0.1) is 16.0 Å². The summed E-state index contributed by atoms with van der Waals surface area (Å²) in [6.45, 7) is 1.50. The quantitative estimate of drug-likeness (QED) is 0.587. The molecule has 8 nitrogen and oxygen atoms in total. The largest absolute Gasteiger partial charge is 0.481 e. The summed E-state index contributed by atoms with van der Waals surface area (Å²) in [5.74, 6) is -1.61. The number of carbonyl (C=O) groups is 2. The highest BCUT2D eigenvalue weighted by Gasteiger charge is 2.28. The van der Waals surface area contributed by atoms with Gasteiger partial charge >= 0.3 is 11.7 Å². The van der Waals surface area contributed by atoms with E-state index in [1.165, 1.54) is 19.1 Å². The van der Waals surface area contributed by atoms with E-state index in [1.807, 2.05) is 0 Å². The zero-order valence-corrected chi connectivity index (χ0v) is 14.4. The first kappa shape index (κ1) is 19.0. The summed E-state index contributed by atoms with van der Waals surface area (Å²) >= 11 is 5.74. The van der Waals surface area contributed by atoms with Crippen molar-refractivity contribution in [2.75, 3.05) is 0 Å². The standard InChI is InChI=1S/C16H19ClN2O6/c1-9(25-14-7-4-11(17)8-13(14)19(23)24)15(20)18-12-5-2-10(3-6-12)16(21)22/h4,7-10,12H,2-3,5-6H2,1H3,(H,18,20)(H,21,22). The lowest BCUT2D eigenvalue weighted by molar-refractivity contribution is -0.386. The van der Waals surface area contributed by atoms with Crippen molar-refractivity contribution in [1.29, 1.82) is 0 Å². The molecule has 1 amide bonds. The van der Waals surface area contributed by atoms with Gasteiger partial charge in [0, 0.05) is 17.1 Å². The van der Waals surface area contributed by atoms with Crippen LogP contribution in [0.25, 0.3) is 0 Å². The summed E-state index contributed by atoms with van der Waals surface area (Å²) in [6.07, 6.45) is 1.25. The van der Waals surface area contributed by atoms with Crippen LogP contribution in [-0.4, -0.2) is 34.1 Å². The molecular weight excluding hydrogens is 352 g/mol. The number of nitro benzene ring substituents is 1. The number of aliphatic carboxylic acids is 1. The summed E-state index contributed by atoms with van der Waals surface area (Å²) in [6, 6.07) is 3.84. The van der Waals surface area contributed by atoms with Gasteiger partial charge in [-0.15, -0.1) is 0 Å². The maximum Gasteiger partial charge on any atom is 0.312 e. The number of carbonyl (C=O) groups excluding carboxylic acids is 1. The number of nitrogens with zero attached hydrogens (tertiary/aromatic N) is 1. The zero-order valence-electron chi connectivity index (χ0n) is 13.6. The van der Waals surface area contributed by atoms with Crippen LogP contribution >= 0.6 is 11.6 Å². The number of halogens is 1. The lowest BCUT2D eigenvalue weighted by Crippen LogP contribution is -2.44. The first-order valence-electron chi connectivity index (χ1n) is 7.91. The number of carboxylic acid groups (broad SMARTS) is 1. The fourth-order valence-corrected chi connectivity index (χ4v) is 2.95. The Morgan fingerprint density at radius 2 is 2.00 bits per heavy atom. The molecule has 2 N–H and O–H groups in total. The average molecular weight is 371 g/mol. The van der Waals surface area contributed by atoms with E-state index in [2.05, 4.69) is 5.32 Å². The second-order valence-electron chi connectivity index (χ2n) is 6.02. The van der Waals surface area contributed by atoms with Crippen molar-refractivity contribution in [2.45, 2.75) is 44.8 Å². The smallest absolute Gasteiger partial charge is 0.312 e. The number of carboxylic acids is 1. The molecule has 1 fully saturated rings. The van der Waals surface area contributed by atoms with E-state index in [1.54, 1.807) is 0 Å². The van der Waals surface area contributed by atoms with E-state index < -0.39 is 22.9 Å². The van der Waals surface area contributed by atoms with Crippen LogP contribution in [0.2, 0.25) is 5.02 Å². The number of ether oxygens (including phenoxy) is 1. The normalized spacial score (nSPS) is 21.2. The molecule has 1 saturated carbocycles. The third-order valence-corrected chi connectivity index (χ3v) is 4.45. The van der Waals surface area contributed by atoms with E-state index in [9.17, 15) is 19.7 Å². The molecule has 0 radical (unpaired) electrons. The molecule has 1 unspecified atom stereocenters. The highest BCUT2D eigenvalue weighted by atomic mass is 35.5. The van der Waals surface area contributed by atoms with Crippen molar-refractivity contribution in [1.82, 2.24) is 5.32 Å². The summed E-state index contributed by atoms with van der Waals surface area (Å²) in [4.78, 5) is 33.6. The predicted octanol–water partition coefficient (Wildman–Crippen LogP) is 2.78. The minimum Gasteiger partial charge on any atom is -0.481 e. The Morgan fingerprint density at radius 3 is 2.56 bits per heavy atom. The summed E-state index contributed by atoms with van der Waals surface area (Å²) in [5.41, 5.74) is -0.311. The van der Waals surface area contributed by atoms with E-state index >= 15 is 0 Å². The highest BCUT2D eigenvalue weighted by molar-refractivity contribution is 6.30. The average Bonchev–Trinajstić information content (AvgIpc) is 2.56. The number of nitro groups is 1. The highest BCUT2D eigenvalue weighted by Crippen LogP contribution is 2.31. The molecule has 0 saturated heterocycles. The number of benzene rings is 1.